The van der Waals surface area contributed by atoms with Crippen molar-refractivity contribution in [3.63, 3.8) is 0 Å². The Labute approximate surface area is 31.6 Å². The average molecular weight is 78.1 g/mol. The van der Waals surface area contributed by atoms with Crippen LogP contribution >= 0.6 is 0 Å². The molecule has 0 amide bonds. The highest BCUT2D eigenvalue weighted by Gasteiger charge is 1.48. The summed E-state index contributed by atoms with van der Waals surface area (Å²) < 4.78 is 3.32. The molecule has 0 aromatic rings. The number of hydrogen-bond donors (Lipinski definition) is 0. The van der Waals surface area contributed by atoms with Crippen LogP contribution in [-0.4, -0.2) is 10.8 Å². The van der Waals surface area contributed by atoms with Gasteiger partial charge in [-0.1, -0.05) is 0 Å². The summed E-state index contributed by atoms with van der Waals surface area (Å²) in [7, 11) is 0. The summed E-state index contributed by atoms with van der Waals surface area (Å²) in [5.74, 6) is 0. The molecule has 0 bridgehead atoms. The van der Waals surface area contributed by atoms with E-state index in [2.05, 4.69) is 17.1 Å². The molecule has 1 nitrogen and oxygen atoms in total. The Bertz CT molecular complexity index is 8.00. The van der Waals surface area contributed by atoms with Gasteiger partial charge in [-0.05, 0) is 0 Å². The third-order valence-electron chi connectivity index (χ3n) is 0.129. The van der Waals surface area contributed by atoms with Crippen molar-refractivity contribution < 1.29 is 4.18 Å². The van der Waals surface area contributed by atoms with Crippen molar-refractivity contribution in [2.45, 2.75) is 6.92 Å². The van der Waals surface area contributed by atoms with Crippen LogP contribution in [0.1, 0.15) is 6.92 Å². The molecule has 0 aliphatic rings. The zero-order valence-corrected chi connectivity index (χ0v) is 3.38. The summed E-state index contributed by atoms with van der Waals surface area (Å²) in [4.78, 5) is 0. The van der Waals surface area contributed by atoms with Crippen molar-refractivity contribution in [1.82, 2.24) is 0 Å². The van der Waals surface area contributed by atoms with Gasteiger partial charge in [0.05, 0.1) is 0 Å². The first-order valence-electron chi connectivity index (χ1n) is 1.21. The summed E-state index contributed by atoms with van der Waals surface area (Å²) in [5.41, 5.74) is 0. The Balaban J connectivity index is 1.97. The molecule has 0 aromatic carbocycles. The van der Waals surface area contributed by atoms with Gasteiger partial charge in [0.15, 0.2) is 0 Å². The monoisotopic (exact) mass is 78.0 g/mol. The van der Waals surface area contributed by atoms with Gasteiger partial charge in [-0.25, -0.2) is 0 Å². The Morgan fingerprint density at radius 2 is 2.25 bits per heavy atom. The molecule has 0 radical (unpaired) electrons. The van der Waals surface area contributed by atoms with Crippen LogP contribution < -0.4 is 0 Å². The fourth-order valence-electron chi connectivity index (χ4n) is 0. The summed E-state index contributed by atoms with van der Waals surface area (Å²) >= 11 is 4.18. The smallest absolute Gasteiger partial charge is 0.126 e. The van der Waals surface area contributed by atoms with Gasteiger partial charge in [0, 0.05) is 6.92 Å². The van der Waals surface area contributed by atoms with E-state index < -0.39 is 0 Å². The molecule has 0 aliphatic heterocycles. The maximum Gasteiger partial charge on any atom is 0.126 e. The molecule has 0 unspecified atom stereocenters. The molecule has 4 heavy (non-hydrogen) atoms. The maximum absolute atomic E-state index is 4.18. The molecular formula is C2H6OS. The van der Waals surface area contributed by atoms with Crippen LogP contribution in [0.4, 0.5) is 0 Å². The van der Waals surface area contributed by atoms with E-state index in [4.69, 9.17) is 0 Å². The van der Waals surface area contributed by atoms with Crippen LogP contribution in [-0.2, 0) is 12.9 Å². The third-order valence-corrected chi connectivity index (χ3v) is 0.387. The summed E-state index contributed by atoms with van der Waals surface area (Å²) in [5, 5.41) is 0. The molecule has 0 rings (SSSR count). The summed E-state index contributed by atoms with van der Waals surface area (Å²) in [6, 6.07) is 0. The predicted molar refractivity (Wildman–Crippen MR) is 20.1 cm³/mol. The van der Waals surface area contributed by atoms with Gasteiger partial charge in [-0.15, -0.1) is 0 Å². The van der Waals surface area contributed by atoms with Crippen LogP contribution in [0.5, 0.6) is 0 Å². The highest BCUT2D eigenvalue weighted by atomic mass is 32.1. The third kappa shape index (κ3) is 2.31. The molecule has 0 aromatic heterocycles. The summed E-state index contributed by atoms with van der Waals surface area (Å²) in [6.45, 7) is 2.67. The molecule has 0 heterocycles. The van der Waals surface area contributed by atoms with Crippen molar-refractivity contribution >= 4 is 12.9 Å². The molecule has 0 aliphatic carbocycles. The second-order valence-corrected chi connectivity index (χ2v) is 0.704. The van der Waals surface area contributed by atoms with Gasteiger partial charge in [-0.3, -0.25) is 0 Å². The first kappa shape index (κ1) is 4.31. The van der Waals surface area contributed by atoms with Gasteiger partial charge in [0.25, 0.3) is 0 Å². The lowest BCUT2D eigenvalue weighted by molar-refractivity contribution is 0.210. The van der Waals surface area contributed by atoms with E-state index in [9.17, 15) is 0 Å². The van der Waals surface area contributed by atoms with Crippen molar-refractivity contribution in [3.05, 3.63) is 0 Å². The lowest BCUT2D eigenvalue weighted by atomic mass is 10.9. The molecule has 1 N–H and O–H groups in total. The van der Waals surface area contributed by atoms with E-state index in [1.54, 1.807) is 0 Å². The highest BCUT2D eigenvalue weighted by Crippen LogP contribution is 1.47. The fraction of sp³-hybridized carbons (Fsp3) is 1.00. The Morgan fingerprint density at radius 1 is 2.00 bits per heavy atom. The van der Waals surface area contributed by atoms with Crippen LogP contribution in [0, 0.1) is 0 Å². The molecule has 0 saturated carbocycles. The van der Waals surface area contributed by atoms with Gasteiger partial charge in [0.1, 0.15) is 6.61 Å². The summed E-state index contributed by atoms with van der Waals surface area (Å²) in [6.07, 6.45) is 0. The van der Waals surface area contributed by atoms with Crippen LogP contribution in [0.15, 0.2) is 0 Å². The van der Waals surface area contributed by atoms with E-state index >= 15 is 0 Å². The SMILES string of the molecule is CC[OH+][S-]. The second kappa shape index (κ2) is 3.31. The molecule has 2 heteroatoms. The number of aliphatic hydroxyl groups is 1. The van der Waals surface area contributed by atoms with Gasteiger partial charge < -0.3 is 17.1 Å². The topological polar surface area (TPSA) is 12.8 Å². The quantitative estimate of drug-likeness (QED) is 0.317. The Hall–Kier alpha value is 0.310. The zero-order chi connectivity index (χ0) is 3.41. The lowest BCUT2D eigenvalue weighted by Gasteiger charge is -1.88. The van der Waals surface area contributed by atoms with Crippen molar-refractivity contribution in [3.8, 4) is 0 Å². The first-order chi connectivity index (χ1) is 1.91. The van der Waals surface area contributed by atoms with Gasteiger partial charge in [-0.2, -0.15) is 0 Å². The Morgan fingerprint density at radius 3 is 2.25 bits per heavy atom. The zero-order valence-electron chi connectivity index (χ0n) is 2.56. The minimum Gasteiger partial charge on any atom is -0.547 e. The normalized spacial score (nSPS) is 7.50. The van der Waals surface area contributed by atoms with Crippen LogP contribution in [0.2, 0.25) is 0 Å². The number of rotatable bonds is 1. The largest absolute Gasteiger partial charge is 0.547 e. The Kier molecular flexibility index (Phi) is 3.57. The highest BCUT2D eigenvalue weighted by molar-refractivity contribution is 7.52. The predicted octanol–water partition coefficient (Wildman–Crippen LogP) is -0.00380. The van der Waals surface area contributed by atoms with Crippen molar-refractivity contribution in [1.29, 1.82) is 0 Å². The molecule has 26 valence electrons. The van der Waals surface area contributed by atoms with E-state index in [0.29, 0.717) is 0 Å². The molecule has 0 fully saturated rings. The van der Waals surface area contributed by atoms with E-state index in [-0.39, 0.29) is 0 Å². The molecular weight excluding hydrogens is 72.1 g/mol. The van der Waals surface area contributed by atoms with Crippen LogP contribution in [0.3, 0.4) is 0 Å². The average Bonchev–Trinajstić information content (AvgIpc) is 1.37. The van der Waals surface area contributed by atoms with Crippen LogP contribution in [0.25, 0.3) is 0 Å². The van der Waals surface area contributed by atoms with E-state index in [1.807, 2.05) is 6.92 Å². The number of hydrogen-bond acceptors (Lipinski definition) is 1. The standard InChI is InChI=1S/C2H6OS/c1-2-3-4/h3H,2H2,1H3. The van der Waals surface area contributed by atoms with Gasteiger partial charge in [0.2, 0.25) is 0 Å². The first-order valence-corrected chi connectivity index (χ1v) is 1.57. The molecule has 0 saturated heterocycles. The molecule has 0 spiro atoms. The fourth-order valence-corrected chi connectivity index (χ4v) is 0. The lowest BCUT2D eigenvalue weighted by Crippen LogP contribution is -1.79. The van der Waals surface area contributed by atoms with E-state index in [0.717, 1.165) is 6.61 Å². The molecule has 0 atom stereocenters. The van der Waals surface area contributed by atoms with Crippen molar-refractivity contribution in [2.24, 2.45) is 0 Å². The maximum atomic E-state index is 4.18. The van der Waals surface area contributed by atoms with Gasteiger partial charge >= 0.3 is 0 Å². The van der Waals surface area contributed by atoms with Crippen molar-refractivity contribution in [2.75, 3.05) is 6.61 Å². The minimum absolute atomic E-state index is 0.759. The van der Waals surface area contributed by atoms with E-state index in [1.165, 1.54) is 0 Å². The second-order valence-electron chi connectivity index (χ2n) is 0.445. The minimum atomic E-state index is 0.759.